The van der Waals surface area contributed by atoms with Crippen molar-refractivity contribution in [1.29, 1.82) is 0 Å². The van der Waals surface area contributed by atoms with Gasteiger partial charge in [-0.15, -0.1) is 0 Å². The highest BCUT2D eigenvalue weighted by Gasteiger charge is 2.51. The molecule has 6 nitrogen and oxygen atoms in total. The number of amides is 2. The summed E-state index contributed by atoms with van der Waals surface area (Å²) in [6.45, 7) is 3.22. The first-order valence-corrected chi connectivity index (χ1v) is 11.4. The van der Waals surface area contributed by atoms with E-state index in [1.54, 1.807) is 6.20 Å². The zero-order valence-corrected chi connectivity index (χ0v) is 18.5. The molecule has 6 heteroatoms. The van der Waals surface area contributed by atoms with Gasteiger partial charge in [-0.2, -0.15) is 0 Å². The first kappa shape index (κ1) is 19.9. The number of rotatable bonds is 3. The average molecular weight is 437 g/mol. The van der Waals surface area contributed by atoms with Crippen molar-refractivity contribution in [2.45, 2.75) is 44.7 Å². The van der Waals surface area contributed by atoms with Crippen molar-refractivity contribution in [3.8, 4) is 0 Å². The van der Waals surface area contributed by atoms with Gasteiger partial charge in [-0.05, 0) is 59.7 Å². The molecular weight excluding hydrogens is 412 g/mol. The highest BCUT2D eigenvalue weighted by molar-refractivity contribution is 6.39. The maximum absolute atomic E-state index is 13.2. The second kappa shape index (κ2) is 7.37. The van der Waals surface area contributed by atoms with Crippen LogP contribution in [0.1, 0.15) is 41.2 Å². The summed E-state index contributed by atoms with van der Waals surface area (Å²) in [7, 11) is 0. The van der Waals surface area contributed by atoms with Crippen LogP contribution in [-0.2, 0) is 40.9 Å². The maximum atomic E-state index is 13.2. The Balaban J connectivity index is 1.27. The molecule has 0 bridgehead atoms. The summed E-state index contributed by atoms with van der Waals surface area (Å²) in [5.41, 5.74) is 6.36. The second-order valence-electron chi connectivity index (χ2n) is 9.08. The minimum atomic E-state index is -0.598. The van der Waals surface area contributed by atoms with Crippen LogP contribution in [0.25, 0.3) is 0 Å². The zero-order valence-electron chi connectivity index (χ0n) is 18.5. The summed E-state index contributed by atoms with van der Waals surface area (Å²) in [6, 6.07) is 18.1. The summed E-state index contributed by atoms with van der Waals surface area (Å²) in [6.07, 6.45) is 3.54. The van der Waals surface area contributed by atoms with E-state index >= 15 is 0 Å². The number of nitrogens with one attached hydrogen (secondary N) is 1. The Morgan fingerprint density at radius 1 is 1.03 bits per heavy atom. The monoisotopic (exact) mass is 436 g/mol. The predicted octanol–water partition coefficient (Wildman–Crippen LogP) is 4.10. The van der Waals surface area contributed by atoms with Crippen LogP contribution in [0.15, 0.2) is 65.8 Å². The Morgan fingerprint density at radius 2 is 1.79 bits per heavy atom. The van der Waals surface area contributed by atoms with Crippen LogP contribution in [0.4, 0.5) is 11.5 Å². The van der Waals surface area contributed by atoms with Crippen molar-refractivity contribution >= 4 is 29.0 Å². The lowest BCUT2D eigenvalue weighted by molar-refractivity contribution is -0.124. The molecule has 1 N–H and O–H groups in total. The lowest BCUT2D eigenvalue weighted by Gasteiger charge is -2.20. The Labute approximate surface area is 192 Å². The summed E-state index contributed by atoms with van der Waals surface area (Å²) >= 11 is 0. The Bertz CT molecular complexity index is 1320. The SMILES string of the molecule is CCC(=Nc1ccc2c(c1)CC1(C2)C(=O)Nc2ncccc21)C(=O)N1Cc2ccccc2C1. The Hall–Kier alpha value is -3.80. The van der Waals surface area contributed by atoms with Gasteiger partial charge in [0.25, 0.3) is 5.91 Å². The highest BCUT2D eigenvalue weighted by atomic mass is 16.2. The Morgan fingerprint density at radius 3 is 2.55 bits per heavy atom. The van der Waals surface area contributed by atoms with Crippen LogP contribution in [0.3, 0.4) is 0 Å². The van der Waals surface area contributed by atoms with Gasteiger partial charge < -0.3 is 10.2 Å². The second-order valence-corrected chi connectivity index (χ2v) is 9.08. The van der Waals surface area contributed by atoms with Gasteiger partial charge in [-0.25, -0.2) is 9.98 Å². The van der Waals surface area contributed by atoms with Crippen LogP contribution in [0.5, 0.6) is 0 Å². The van der Waals surface area contributed by atoms with E-state index in [-0.39, 0.29) is 11.8 Å². The molecule has 1 spiro atoms. The van der Waals surface area contributed by atoms with Crippen molar-refractivity contribution in [3.05, 3.63) is 88.6 Å². The normalized spacial score (nSPS) is 20.6. The van der Waals surface area contributed by atoms with Crippen molar-refractivity contribution in [2.24, 2.45) is 4.99 Å². The van der Waals surface area contributed by atoms with Gasteiger partial charge in [0, 0.05) is 24.8 Å². The van der Waals surface area contributed by atoms with Gasteiger partial charge in [0.1, 0.15) is 11.5 Å². The number of carbonyl (C=O) groups is 2. The number of anilines is 1. The van der Waals surface area contributed by atoms with Gasteiger partial charge in [0.15, 0.2) is 0 Å². The van der Waals surface area contributed by atoms with Gasteiger partial charge in [-0.1, -0.05) is 43.3 Å². The minimum absolute atomic E-state index is 0.00970. The summed E-state index contributed by atoms with van der Waals surface area (Å²) in [5.74, 6) is 0.662. The maximum Gasteiger partial charge on any atom is 0.268 e. The number of pyridine rings is 1. The third-order valence-corrected chi connectivity index (χ3v) is 7.14. The highest BCUT2D eigenvalue weighted by Crippen LogP contribution is 2.47. The van der Waals surface area contributed by atoms with Gasteiger partial charge in [0.05, 0.1) is 11.1 Å². The van der Waals surface area contributed by atoms with Crippen LogP contribution < -0.4 is 5.32 Å². The number of aliphatic imine (C=N–C) groups is 1. The van der Waals surface area contributed by atoms with E-state index in [4.69, 9.17) is 4.99 Å². The molecule has 1 aromatic heterocycles. The molecule has 0 fully saturated rings. The number of nitrogens with zero attached hydrogens (tertiary/aromatic N) is 3. The largest absolute Gasteiger partial charge is 0.329 e. The van der Waals surface area contributed by atoms with Gasteiger partial charge in [-0.3, -0.25) is 9.59 Å². The van der Waals surface area contributed by atoms with Crippen molar-refractivity contribution in [3.63, 3.8) is 0 Å². The molecule has 164 valence electrons. The smallest absolute Gasteiger partial charge is 0.268 e. The Kier molecular flexibility index (Phi) is 4.43. The molecule has 1 atom stereocenters. The molecule has 2 aliphatic heterocycles. The molecular formula is C27H24N4O2. The first-order valence-electron chi connectivity index (χ1n) is 11.4. The molecule has 0 radical (unpaired) electrons. The van der Waals surface area contributed by atoms with E-state index in [2.05, 4.69) is 22.4 Å². The third kappa shape index (κ3) is 3.09. The van der Waals surface area contributed by atoms with Crippen LogP contribution in [0.2, 0.25) is 0 Å². The fraction of sp³-hybridized carbons (Fsp3) is 0.259. The average Bonchev–Trinajstić information content (AvgIpc) is 3.51. The molecule has 2 amide bonds. The molecule has 3 heterocycles. The van der Waals surface area contributed by atoms with Crippen molar-refractivity contribution < 1.29 is 9.59 Å². The molecule has 1 unspecified atom stereocenters. The lowest BCUT2D eigenvalue weighted by Crippen LogP contribution is -2.35. The molecule has 0 saturated carbocycles. The first-order chi connectivity index (χ1) is 16.1. The van der Waals surface area contributed by atoms with Crippen LogP contribution in [0, 0.1) is 0 Å². The molecule has 1 aliphatic carbocycles. The topological polar surface area (TPSA) is 74.7 Å². The molecule has 2 aromatic carbocycles. The van der Waals surface area contributed by atoms with Crippen LogP contribution in [-0.4, -0.2) is 27.4 Å². The minimum Gasteiger partial charge on any atom is -0.329 e. The van der Waals surface area contributed by atoms with E-state index in [0.717, 1.165) is 22.4 Å². The summed E-state index contributed by atoms with van der Waals surface area (Å²) in [5, 5.41) is 2.95. The molecule has 33 heavy (non-hydrogen) atoms. The fourth-order valence-electron chi connectivity index (χ4n) is 5.42. The van der Waals surface area contributed by atoms with Gasteiger partial charge >= 0.3 is 0 Å². The van der Waals surface area contributed by atoms with E-state index in [1.165, 1.54) is 11.1 Å². The zero-order chi connectivity index (χ0) is 22.6. The molecule has 3 aliphatic rings. The van der Waals surface area contributed by atoms with E-state index in [9.17, 15) is 9.59 Å². The van der Waals surface area contributed by atoms with Crippen molar-refractivity contribution in [2.75, 3.05) is 5.32 Å². The van der Waals surface area contributed by atoms with E-state index in [1.807, 2.05) is 54.3 Å². The molecule has 6 rings (SSSR count). The molecule has 0 saturated heterocycles. The number of aromatic nitrogens is 1. The number of carbonyl (C=O) groups excluding carboxylic acids is 2. The van der Waals surface area contributed by atoms with Gasteiger partial charge in [0.2, 0.25) is 5.91 Å². The number of hydrogen-bond acceptors (Lipinski definition) is 4. The van der Waals surface area contributed by atoms with Crippen LogP contribution >= 0.6 is 0 Å². The fourth-order valence-corrected chi connectivity index (χ4v) is 5.42. The summed E-state index contributed by atoms with van der Waals surface area (Å²) in [4.78, 5) is 37.1. The summed E-state index contributed by atoms with van der Waals surface area (Å²) < 4.78 is 0. The number of hydrogen-bond donors (Lipinski definition) is 1. The quantitative estimate of drug-likeness (QED) is 0.629. The lowest BCUT2D eigenvalue weighted by atomic mass is 9.79. The van der Waals surface area contributed by atoms with Crippen molar-refractivity contribution in [1.82, 2.24) is 9.88 Å². The number of fused-ring (bicyclic) bond motifs is 4. The predicted molar refractivity (Wildman–Crippen MR) is 126 cm³/mol. The molecule has 3 aromatic rings. The third-order valence-electron chi connectivity index (χ3n) is 7.14. The number of benzene rings is 2. The van der Waals surface area contributed by atoms with E-state index < -0.39 is 5.41 Å². The van der Waals surface area contributed by atoms with E-state index in [0.29, 0.717) is 43.9 Å². The standard InChI is InChI=1S/C27H24N4O2/c1-2-23(25(32)31-15-18-6-3-4-7-19(18)16-31)29-21-10-9-17-13-27(14-20(17)12-21)22-8-5-11-28-24(22)30-26(27)33/h3-12H,2,13-16H2,1H3,(H,28,30,33).